The lowest BCUT2D eigenvalue weighted by Gasteiger charge is -2.15. The fraction of sp³-hybridized carbons (Fsp3) is 0.405. The van der Waals surface area contributed by atoms with E-state index in [2.05, 4.69) is 46.5 Å². The number of H-pyrrole nitrogens is 1. The lowest BCUT2D eigenvalue weighted by atomic mass is 10.1. The number of hydrogen-bond donors (Lipinski definition) is 8. The first kappa shape index (κ1) is 43.0. The molecule has 0 saturated heterocycles. The number of aromatic amines is 1. The van der Waals surface area contributed by atoms with Crippen LogP contribution < -0.4 is 37.9 Å². The van der Waals surface area contributed by atoms with Crippen LogP contribution in [-0.2, 0) is 30.3 Å². The number of aryl methyl sites for hydroxylation is 1. The maximum atomic E-state index is 12.8. The molecule has 300 valence electrons. The number of anilines is 3. The predicted octanol–water partition coefficient (Wildman–Crippen LogP) is 2.11. The van der Waals surface area contributed by atoms with Gasteiger partial charge in [0.2, 0.25) is 11.9 Å². The number of carbonyl (C=O) groups excluding carboxylic acids is 2. The fourth-order valence-corrected chi connectivity index (χ4v) is 5.20. The third-order valence-corrected chi connectivity index (χ3v) is 8.21. The second kappa shape index (κ2) is 23.2. The third-order valence-electron chi connectivity index (χ3n) is 7.96. The number of nitrogens with one attached hydrogen (secondary N) is 6. The highest BCUT2D eigenvalue weighted by Gasteiger charge is 2.22. The summed E-state index contributed by atoms with van der Waals surface area (Å²) in [6.07, 6.45) is 2.67. The molecule has 2 aromatic carbocycles. The van der Waals surface area contributed by atoms with Crippen molar-refractivity contribution in [2.24, 2.45) is 0 Å². The fourth-order valence-electron chi connectivity index (χ4n) is 4.98. The number of aromatic nitrogens is 4. The van der Waals surface area contributed by atoms with E-state index < -0.39 is 23.5 Å². The van der Waals surface area contributed by atoms with Crippen LogP contribution in [0, 0.1) is 6.92 Å². The molecule has 2 amide bonds. The van der Waals surface area contributed by atoms with Crippen LogP contribution in [0.2, 0.25) is 0 Å². The van der Waals surface area contributed by atoms with E-state index in [1.807, 2.05) is 31.2 Å². The molecular formula is C37H48N10O8S. The summed E-state index contributed by atoms with van der Waals surface area (Å²) in [5, 5.41) is 24.8. The van der Waals surface area contributed by atoms with E-state index >= 15 is 0 Å². The van der Waals surface area contributed by atoms with Gasteiger partial charge in [-0.3, -0.25) is 19.4 Å². The number of ether oxygens (including phenoxy) is 3. The Morgan fingerprint density at radius 2 is 1.50 bits per heavy atom. The average molecular weight is 793 g/mol. The van der Waals surface area contributed by atoms with Crippen LogP contribution in [-0.4, -0.2) is 107 Å². The maximum Gasteiger partial charge on any atom is 0.326 e. The van der Waals surface area contributed by atoms with Gasteiger partial charge in [-0.05, 0) is 74.8 Å². The summed E-state index contributed by atoms with van der Waals surface area (Å²) in [7, 11) is 0. The molecule has 1 atom stereocenters. The molecule has 0 unspecified atom stereocenters. The van der Waals surface area contributed by atoms with Crippen LogP contribution in [0.5, 0.6) is 0 Å². The quantitative estimate of drug-likeness (QED) is 0.0373. The summed E-state index contributed by atoms with van der Waals surface area (Å²) in [5.41, 5.74) is 8.71. The first-order valence-electron chi connectivity index (χ1n) is 18.1. The summed E-state index contributed by atoms with van der Waals surface area (Å²) < 4.78 is 16.6. The van der Waals surface area contributed by atoms with Gasteiger partial charge in [0.25, 0.3) is 11.5 Å². The number of fused-ring (bicyclic) bond motifs is 1. The lowest BCUT2D eigenvalue weighted by molar-refractivity contribution is -0.139. The highest BCUT2D eigenvalue weighted by molar-refractivity contribution is 7.80. The summed E-state index contributed by atoms with van der Waals surface area (Å²) in [4.78, 5) is 63.7. The second-order valence-corrected chi connectivity index (χ2v) is 12.9. The molecular weight excluding hydrogens is 745 g/mol. The zero-order valence-electron chi connectivity index (χ0n) is 31.1. The molecule has 19 heteroatoms. The molecule has 0 saturated carbocycles. The normalized spacial score (nSPS) is 11.4. The van der Waals surface area contributed by atoms with Gasteiger partial charge >= 0.3 is 5.97 Å². The number of carboxylic acids is 1. The number of hydrogen-bond acceptors (Lipinski definition) is 13. The van der Waals surface area contributed by atoms with Crippen molar-refractivity contribution in [1.29, 1.82) is 0 Å². The van der Waals surface area contributed by atoms with Crippen molar-refractivity contribution in [3.63, 3.8) is 0 Å². The minimum Gasteiger partial charge on any atom is -0.480 e. The van der Waals surface area contributed by atoms with E-state index in [1.54, 1.807) is 12.1 Å². The molecule has 0 aliphatic heterocycles. The Kier molecular flexibility index (Phi) is 17.8. The molecule has 18 nitrogen and oxygen atoms in total. The molecule has 2 heterocycles. The molecule has 4 aromatic rings. The van der Waals surface area contributed by atoms with Gasteiger partial charge in [0, 0.05) is 49.7 Å². The van der Waals surface area contributed by atoms with Crippen LogP contribution in [0.1, 0.15) is 47.3 Å². The summed E-state index contributed by atoms with van der Waals surface area (Å²) >= 11 is 5.30. The monoisotopic (exact) mass is 792 g/mol. The van der Waals surface area contributed by atoms with Crippen molar-refractivity contribution in [1.82, 2.24) is 35.9 Å². The van der Waals surface area contributed by atoms with E-state index in [-0.39, 0.29) is 48.0 Å². The van der Waals surface area contributed by atoms with Crippen LogP contribution in [0.4, 0.5) is 17.3 Å². The van der Waals surface area contributed by atoms with Crippen molar-refractivity contribution >= 4 is 63.6 Å². The standard InChI is InChI=1S/C37H48N10O8S/c1-24-4-8-27(9-5-24)44-37(56)40-15-3-17-54-19-21-55-20-18-53-16-2-14-39-30(48)13-12-29(35(51)52)45-33(49)25-6-10-26(11-7-25)41-22-28-23-42-32-31(43-28)34(50)47-36(38)46-32/h4-11,23,29,41H,2-3,12-22H2,1H3,(H,39,48)(H,45,49)(H,51,52)(H2,40,44,56)(H3,38,42,46,47,50)/t29-/m0/s1. The van der Waals surface area contributed by atoms with Crippen molar-refractivity contribution in [2.45, 2.75) is 45.2 Å². The molecule has 4 rings (SSSR count). The second-order valence-electron chi connectivity index (χ2n) is 12.5. The first-order valence-corrected chi connectivity index (χ1v) is 18.5. The topological polar surface area (TPSA) is 257 Å². The summed E-state index contributed by atoms with van der Waals surface area (Å²) in [5.74, 6) is -2.23. The number of benzene rings is 2. The number of carboxylic acid groups (broad SMARTS) is 1. The number of rotatable bonds is 24. The Labute approximate surface area is 328 Å². The van der Waals surface area contributed by atoms with Crippen molar-refractivity contribution in [2.75, 3.05) is 69.1 Å². The molecule has 0 fully saturated rings. The van der Waals surface area contributed by atoms with Gasteiger partial charge in [-0.15, -0.1) is 0 Å². The number of aliphatic carboxylic acids is 1. The Morgan fingerprint density at radius 3 is 2.16 bits per heavy atom. The van der Waals surface area contributed by atoms with Crippen LogP contribution >= 0.6 is 12.2 Å². The largest absolute Gasteiger partial charge is 0.480 e. The van der Waals surface area contributed by atoms with Gasteiger partial charge in [0.15, 0.2) is 16.3 Å². The molecule has 56 heavy (non-hydrogen) atoms. The molecule has 0 spiro atoms. The molecule has 0 radical (unpaired) electrons. The van der Waals surface area contributed by atoms with E-state index in [0.717, 1.165) is 12.1 Å². The maximum absolute atomic E-state index is 12.8. The van der Waals surface area contributed by atoms with Gasteiger partial charge in [-0.2, -0.15) is 4.98 Å². The number of nitrogen functional groups attached to an aromatic ring is 1. The van der Waals surface area contributed by atoms with Crippen LogP contribution in [0.3, 0.4) is 0 Å². The zero-order valence-corrected chi connectivity index (χ0v) is 31.9. The van der Waals surface area contributed by atoms with E-state index in [0.29, 0.717) is 75.6 Å². The number of amides is 2. The van der Waals surface area contributed by atoms with Gasteiger partial charge in [0.05, 0.1) is 44.9 Å². The Morgan fingerprint density at radius 1 is 0.875 bits per heavy atom. The average Bonchev–Trinajstić information content (AvgIpc) is 3.18. The highest BCUT2D eigenvalue weighted by atomic mass is 32.1. The smallest absolute Gasteiger partial charge is 0.326 e. The van der Waals surface area contributed by atoms with Gasteiger partial charge in [-0.1, -0.05) is 17.7 Å². The summed E-state index contributed by atoms with van der Waals surface area (Å²) in [6, 6.07) is 13.1. The first-order chi connectivity index (χ1) is 27.1. The predicted molar refractivity (Wildman–Crippen MR) is 214 cm³/mol. The number of carbonyl (C=O) groups is 3. The molecule has 0 aliphatic rings. The number of nitrogens with zero attached hydrogens (tertiary/aromatic N) is 3. The SMILES string of the molecule is Cc1ccc(NC(=S)NCCCOCCOCCOCCCNC(=O)CC[C@H](NC(=O)c2ccc(NCc3cnc4nc(N)[nH]c(=O)c4n3)cc2)C(=O)O)cc1. The van der Waals surface area contributed by atoms with Crippen molar-refractivity contribution in [3.8, 4) is 0 Å². The van der Waals surface area contributed by atoms with Crippen LogP contribution in [0.15, 0.2) is 59.5 Å². The molecule has 0 aliphatic carbocycles. The minimum atomic E-state index is -1.26. The van der Waals surface area contributed by atoms with E-state index in [4.69, 9.17) is 32.2 Å². The van der Waals surface area contributed by atoms with Gasteiger partial charge < -0.3 is 51.6 Å². The summed E-state index contributed by atoms with van der Waals surface area (Å²) in [6.45, 7) is 6.06. The molecule has 0 bridgehead atoms. The number of nitrogens with two attached hydrogens (primary N) is 1. The molecule has 9 N–H and O–H groups in total. The van der Waals surface area contributed by atoms with E-state index in [1.165, 1.54) is 23.9 Å². The minimum absolute atomic E-state index is 0.0527. The Hall–Kier alpha value is -5.76. The Balaban J connectivity index is 0.984. The van der Waals surface area contributed by atoms with Gasteiger partial charge in [0.1, 0.15) is 6.04 Å². The van der Waals surface area contributed by atoms with Crippen molar-refractivity contribution in [3.05, 3.63) is 81.9 Å². The molecule has 2 aromatic heterocycles. The number of thiocarbonyl (C=S) groups is 1. The zero-order chi connectivity index (χ0) is 40.1. The van der Waals surface area contributed by atoms with Gasteiger partial charge in [-0.25, -0.2) is 14.8 Å². The Bertz CT molecular complexity index is 1950. The van der Waals surface area contributed by atoms with Crippen LogP contribution in [0.25, 0.3) is 11.2 Å². The third kappa shape index (κ3) is 15.5. The highest BCUT2D eigenvalue weighted by Crippen LogP contribution is 2.13. The van der Waals surface area contributed by atoms with E-state index in [9.17, 15) is 24.3 Å². The lowest BCUT2D eigenvalue weighted by Crippen LogP contribution is -2.41. The van der Waals surface area contributed by atoms with Crippen molar-refractivity contribution < 1.29 is 33.7 Å².